The number of hydrogen-bond donors (Lipinski definition) is 0. The number of hydrogen-bond acceptors (Lipinski definition) is 4. The van der Waals surface area contributed by atoms with Gasteiger partial charge in [0.2, 0.25) is 0 Å². The maximum absolute atomic E-state index is 10.8. The molecular formula is C14H17ClN4O2. The largest absolute Gasteiger partial charge is 0.321 e. The minimum Gasteiger partial charge on any atom is -0.321 e. The Labute approximate surface area is 128 Å². The molecular weight excluding hydrogens is 292 g/mol. The summed E-state index contributed by atoms with van der Waals surface area (Å²) in [5.41, 5.74) is 1.000. The SMILES string of the molecule is C[C@@H](c1cccc([N+](=O)[O-])c1)N(C)Cc1ncc(Cl)n1C. The molecule has 112 valence electrons. The Kier molecular flexibility index (Phi) is 4.59. The number of halogens is 1. The third-order valence-electron chi connectivity index (χ3n) is 3.64. The fourth-order valence-corrected chi connectivity index (χ4v) is 2.23. The molecule has 2 rings (SSSR count). The van der Waals surface area contributed by atoms with E-state index in [1.807, 2.05) is 31.7 Å². The summed E-state index contributed by atoms with van der Waals surface area (Å²) in [6.45, 7) is 2.61. The summed E-state index contributed by atoms with van der Waals surface area (Å²) in [6, 6.07) is 6.72. The maximum Gasteiger partial charge on any atom is 0.269 e. The highest BCUT2D eigenvalue weighted by molar-refractivity contribution is 6.29. The maximum atomic E-state index is 10.8. The van der Waals surface area contributed by atoms with Crippen LogP contribution >= 0.6 is 11.6 Å². The number of nitro groups is 1. The van der Waals surface area contributed by atoms with Gasteiger partial charge < -0.3 is 4.57 Å². The van der Waals surface area contributed by atoms with Gasteiger partial charge in [-0.25, -0.2) is 4.98 Å². The fraction of sp³-hybridized carbons (Fsp3) is 0.357. The number of benzene rings is 1. The Morgan fingerprint density at radius 2 is 2.24 bits per heavy atom. The number of imidazole rings is 1. The lowest BCUT2D eigenvalue weighted by atomic mass is 10.1. The summed E-state index contributed by atoms with van der Waals surface area (Å²) in [5, 5.41) is 11.4. The first kappa shape index (κ1) is 15.5. The van der Waals surface area contributed by atoms with Crippen LogP contribution in [0.15, 0.2) is 30.5 Å². The first-order chi connectivity index (χ1) is 9.90. The van der Waals surface area contributed by atoms with Crippen molar-refractivity contribution in [3.05, 3.63) is 57.1 Å². The topological polar surface area (TPSA) is 64.2 Å². The van der Waals surface area contributed by atoms with Gasteiger partial charge in [0.05, 0.1) is 17.7 Å². The van der Waals surface area contributed by atoms with Crippen LogP contribution in [0.5, 0.6) is 0 Å². The molecule has 1 atom stereocenters. The van der Waals surface area contributed by atoms with E-state index in [0.29, 0.717) is 11.7 Å². The number of non-ortho nitro benzene ring substituents is 1. The van der Waals surface area contributed by atoms with Crippen LogP contribution in [0.1, 0.15) is 24.4 Å². The number of nitro benzene ring substituents is 1. The molecule has 0 radical (unpaired) electrons. The Hall–Kier alpha value is -1.92. The van der Waals surface area contributed by atoms with Gasteiger partial charge in [-0.3, -0.25) is 15.0 Å². The highest BCUT2D eigenvalue weighted by Gasteiger charge is 2.17. The van der Waals surface area contributed by atoms with E-state index < -0.39 is 0 Å². The van der Waals surface area contributed by atoms with E-state index in [2.05, 4.69) is 9.88 Å². The average Bonchev–Trinajstić information content (AvgIpc) is 2.78. The summed E-state index contributed by atoms with van der Waals surface area (Å²) in [6.07, 6.45) is 1.61. The standard InChI is InChI=1S/C14H17ClN4O2/c1-10(11-5-4-6-12(7-11)19(20)21)17(2)9-14-16-8-13(15)18(14)3/h4-8,10H,9H2,1-3H3/t10-/m0/s1. The molecule has 0 N–H and O–H groups in total. The van der Waals surface area contributed by atoms with Crippen LogP contribution in [0.4, 0.5) is 5.69 Å². The molecule has 1 aromatic carbocycles. The smallest absolute Gasteiger partial charge is 0.269 e. The third kappa shape index (κ3) is 3.40. The van der Waals surface area contributed by atoms with Crippen LogP contribution in [0.3, 0.4) is 0 Å². The molecule has 0 saturated carbocycles. The molecule has 0 unspecified atom stereocenters. The Balaban J connectivity index is 2.15. The molecule has 0 aliphatic heterocycles. The van der Waals surface area contributed by atoms with Crippen LogP contribution in [-0.2, 0) is 13.6 Å². The van der Waals surface area contributed by atoms with Crippen molar-refractivity contribution in [1.29, 1.82) is 0 Å². The van der Waals surface area contributed by atoms with E-state index in [9.17, 15) is 10.1 Å². The highest BCUT2D eigenvalue weighted by Crippen LogP contribution is 2.24. The third-order valence-corrected chi connectivity index (χ3v) is 3.99. The molecule has 21 heavy (non-hydrogen) atoms. The van der Waals surface area contributed by atoms with Crippen molar-refractivity contribution >= 4 is 17.3 Å². The second-order valence-electron chi connectivity index (χ2n) is 5.00. The lowest BCUT2D eigenvalue weighted by Gasteiger charge is -2.24. The lowest BCUT2D eigenvalue weighted by Crippen LogP contribution is -2.23. The fourth-order valence-electron chi connectivity index (χ4n) is 2.08. The van der Waals surface area contributed by atoms with Crippen molar-refractivity contribution in [3.63, 3.8) is 0 Å². The molecule has 0 saturated heterocycles. The van der Waals surface area contributed by atoms with Gasteiger partial charge >= 0.3 is 0 Å². The Morgan fingerprint density at radius 1 is 1.52 bits per heavy atom. The molecule has 7 heteroatoms. The molecule has 0 amide bonds. The molecule has 0 aliphatic carbocycles. The van der Waals surface area contributed by atoms with Gasteiger partial charge in [-0.05, 0) is 19.5 Å². The van der Waals surface area contributed by atoms with E-state index >= 15 is 0 Å². The van der Waals surface area contributed by atoms with Crippen LogP contribution < -0.4 is 0 Å². The minimum absolute atomic E-state index is 0.0281. The van der Waals surface area contributed by atoms with Gasteiger partial charge in [0.1, 0.15) is 11.0 Å². The summed E-state index contributed by atoms with van der Waals surface area (Å²) >= 11 is 5.97. The summed E-state index contributed by atoms with van der Waals surface area (Å²) in [7, 11) is 3.81. The number of nitrogens with zero attached hydrogens (tertiary/aromatic N) is 4. The number of aromatic nitrogens is 2. The van der Waals surface area contributed by atoms with Gasteiger partial charge in [-0.1, -0.05) is 23.7 Å². The van der Waals surface area contributed by atoms with Crippen molar-refractivity contribution < 1.29 is 4.92 Å². The zero-order chi connectivity index (χ0) is 15.6. The van der Waals surface area contributed by atoms with E-state index in [-0.39, 0.29) is 16.7 Å². The van der Waals surface area contributed by atoms with Crippen LogP contribution in [-0.4, -0.2) is 26.4 Å². The molecule has 0 fully saturated rings. The Bertz CT molecular complexity index is 656. The van der Waals surface area contributed by atoms with E-state index in [1.54, 1.807) is 18.3 Å². The van der Waals surface area contributed by atoms with Gasteiger partial charge in [-0.15, -0.1) is 0 Å². The van der Waals surface area contributed by atoms with E-state index in [1.165, 1.54) is 6.07 Å². The highest BCUT2D eigenvalue weighted by atomic mass is 35.5. The van der Waals surface area contributed by atoms with Gasteiger partial charge in [0.15, 0.2) is 0 Å². The number of rotatable bonds is 5. The molecule has 0 spiro atoms. The van der Waals surface area contributed by atoms with Gasteiger partial charge in [-0.2, -0.15) is 0 Å². The zero-order valence-corrected chi connectivity index (χ0v) is 12.9. The lowest BCUT2D eigenvalue weighted by molar-refractivity contribution is -0.384. The Morgan fingerprint density at radius 3 is 2.81 bits per heavy atom. The van der Waals surface area contributed by atoms with Crippen LogP contribution in [0.2, 0.25) is 5.15 Å². The van der Waals surface area contributed by atoms with Crippen molar-refractivity contribution in [1.82, 2.24) is 14.5 Å². The first-order valence-electron chi connectivity index (χ1n) is 6.51. The van der Waals surface area contributed by atoms with Crippen molar-refractivity contribution in [2.75, 3.05) is 7.05 Å². The van der Waals surface area contributed by atoms with Crippen molar-refractivity contribution in [3.8, 4) is 0 Å². The molecule has 2 aromatic rings. The van der Waals surface area contributed by atoms with Gasteiger partial charge in [0, 0.05) is 25.2 Å². The monoisotopic (exact) mass is 308 g/mol. The molecule has 0 aliphatic rings. The quantitative estimate of drug-likeness (QED) is 0.628. The molecule has 6 nitrogen and oxygen atoms in total. The summed E-state index contributed by atoms with van der Waals surface area (Å²) < 4.78 is 1.82. The summed E-state index contributed by atoms with van der Waals surface area (Å²) in [5.74, 6) is 0.847. The first-order valence-corrected chi connectivity index (χ1v) is 6.88. The second kappa shape index (κ2) is 6.24. The molecule has 1 heterocycles. The van der Waals surface area contributed by atoms with Crippen molar-refractivity contribution in [2.24, 2.45) is 7.05 Å². The molecule has 1 aromatic heterocycles. The normalized spacial score (nSPS) is 12.6. The average molecular weight is 309 g/mol. The van der Waals surface area contributed by atoms with E-state index in [4.69, 9.17) is 11.6 Å². The van der Waals surface area contributed by atoms with Crippen LogP contribution in [0.25, 0.3) is 0 Å². The summed E-state index contributed by atoms with van der Waals surface area (Å²) in [4.78, 5) is 16.8. The second-order valence-corrected chi connectivity index (χ2v) is 5.39. The van der Waals surface area contributed by atoms with Gasteiger partial charge in [0.25, 0.3) is 5.69 Å². The molecule has 0 bridgehead atoms. The van der Waals surface area contributed by atoms with Crippen LogP contribution in [0, 0.1) is 10.1 Å². The predicted molar refractivity (Wildman–Crippen MR) is 81.2 cm³/mol. The zero-order valence-electron chi connectivity index (χ0n) is 12.2. The minimum atomic E-state index is -0.380. The van der Waals surface area contributed by atoms with Crippen molar-refractivity contribution in [2.45, 2.75) is 19.5 Å². The van der Waals surface area contributed by atoms with E-state index in [0.717, 1.165) is 11.4 Å². The predicted octanol–water partition coefficient (Wildman–Crippen LogP) is 3.17.